The Balaban J connectivity index is 2.12. The van der Waals surface area contributed by atoms with Crippen LogP contribution in [-0.4, -0.2) is 29.3 Å². The molecule has 2 heterocycles. The molecule has 1 fully saturated rings. The summed E-state index contributed by atoms with van der Waals surface area (Å²) in [6.07, 6.45) is 0. The van der Waals surface area contributed by atoms with Crippen LogP contribution in [0.15, 0.2) is 24.3 Å². The predicted molar refractivity (Wildman–Crippen MR) is 70.1 cm³/mol. The van der Waals surface area contributed by atoms with Crippen molar-refractivity contribution in [2.45, 2.75) is 5.92 Å². The zero-order chi connectivity index (χ0) is 15.9. The largest absolute Gasteiger partial charge is 0.477 e. The molecular formula is C15H10F3NO3. The Morgan fingerprint density at radius 3 is 2.27 bits per heavy atom. The molecule has 4 nitrogen and oxygen atoms in total. The van der Waals surface area contributed by atoms with Gasteiger partial charge in [0.25, 0.3) is 0 Å². The first-order chi connectivity index (χ1) is 10.5. The summed E-state index contributed by atoms with van der Waals surface area (Å²) >= 11 is 0. The number of rotatable bonds is 3. The van der Waals surface area contributed by atoms with Gasteiger partial charge in [-0.25, -0.2) is 22.9 Å². The molecule has 114 valence electrons. The van der Waals surface area contributed by atoms with Crippen molar-refractivity contribution in [1.82, 2.24) is 4.98 Å². The van der Waals surface area contributed by atoms with E-state index in [4.69, 9.17) is 9.84 Å². The normalized spacial score (nSPS) is 14.7. The summed E-state index contributed by atoms with van der Waals surface area (Å²) in [5.74, 6) is -4.49. The molecule has 7 heteroatoms. The number of pyridine rings is 1. The van der Waals surface area contributed by atoms with E-state index in [1.165, 1.54) is 0 Å². The SMILES string of the molecule is O=C(O)c1ccc(F)c(-c2c(F)cc(C3COC3)cc2F)n1. The Morgan fingerprint density at radius 2 is 1.77 bits per heavy atom. The minimum Gasteiger partial charge on any atom is -0.477 e. The van der Waals surface area contributed by atoms with Gasteiger partial charge >= 0.3 is 5.97 Å². The Labute approximate surface area is 123 Å². The monoisotopic (exact) mass is 309 g/mol. The molecule has 1 saturated heterocycles. The summed E-state index contributed by atoms with van der Waals surface area (Å²) in [5, 5.41) is 8.86. The van der Waals surface area contributed by atoms with Gasteiger partial charge in [-0.05, 0) is 29.8 Å². The maximum atomic E-state index is 14.2. The van der Waals surface area contributed by atoms with Crippen LogP contribution in [-0.2, 0) is 4.74 Å². The lowest BCUT2D eigenvalue weighted by atomic mass is 9.95. The Hall–Kier alpha value is -2.41. The molecule has 0 aliphatic carbocycles. The highest BCUT2D eigenvalue weighted by molar-refractivity contribution is 5.86. The molecule has 0 atom stereocenters. The average Bonchev–Trinajstić information content (AvgIpc) is 2.37. The second-order valence-corrected chi connectivity index (χ2v) is 4.93. The van der Waals surface area contributed by atoms with Crippen LogP contribution in [0.2, 0.25) is 0 Å². The van der Waals surface area contributed by atoms with Crippen molar-refractivity contribution in [3.05, 3.63) is 53.0 Å². The van der Waals surface area contributed by atoms with Crippen LogP contribution < -0.4 is 0 Å². The fourth-order valence-corrected chi connectivity index (χ4v) is 2.22. The molecule has 22 heavy (non-hydrogen) atoms. The first-order valence-electron chi connectivity index (χ1n) is 6.44. The summed E-state index contributed by atoms with van der Waals surface area (Å²) in [6, 6.07) is 3.94. The molecule has 1 aliphatic rings. The van der Waals surface area contributed by atoms with Crippen LogP contribution in [0.25, 0.3) is 11.3 Å². The number of aromatic nitrogens is 1. The zero-order valence-corrected chi connectivity index (χ0v) is 11.1. The quantitative estimate of drug-likeness (QED) is 0.947. The highest BCUT2D eigenvalue weighted by atomic mass is 19.1. The summed E-state index contributed by atoms with van der Waals surface area (Å²) in [6.45, 7) is 0.749. The van der Waals surface area contributed by atoms with Gasteiger partial charge in [-0.3, -0.25) is 0 Å². The maximum absolute atomic E-state index is 14.2. The van der Waals surface area contributed by atoms with Crippen molar-refractivity contribution in [1.29, 1.82) is 0 Å². The third kappa shape index (κ3) is 2.43. The van der Waals surface area contributed by atoms with Gasteiger partial charge in [0.1, 0.15) is 28.8 Å². The smallest absolute Gasteiger partial charge is 0.354 e. The number of hydrogen-bond donors (Lipinski definition) is 1. The van der Waals surface area contributed by atoms with Crippen molar-refractivity contribution < 1.29 is 27.8 Å². The molecule has 3 rings (SSSR count). The van der Waals surface area contributed by atoms with E-state index in [0.29, 0.717) is 18.8 Å². The van der Waals surface area contributed by atoms with Gasteiger partial charge < -0.3 is 9.84 Å². The number of aromatic carboxylic acids is 1. The number of carboxylic acids is 1. The Kier molecular flexibility index (Phi) is 3.58. The van der Waals surface area contributed by atoms with Gasteiger partial charge in [0.15, 0.2) is 0 Å². The molecule has 0 spiro atoms. The zero-order valence-electron chi connectivity index (χ0n) is 11.1. The van der Waals surface area contributed by atoms with E-state index in [1.807, 2.05) is 0 Å². The molecule has 0 bridgehead atoms. The second-order valence-electron chi connectivity index (χ2n) is 4.93. The molecule has 2 aromatic rings. The van der Waals surface area contributed by atoms with E-state index in [1.54, 1.807) is 0 Å². The fraction of sp³-hybridized carbons (Fsp3) is 0.200. The molecule has 1 aromatic carbocycles. The Morgan fingerprint density at radius 1 is 1.14 bits per heavy atom. The molecule has 0 amide bonds. The Bertz CT molecular complexity index is 737. The number of nitrogens with zero attached hydrogens (tertiary/aromatic N) is 1. The first kappa shape index (κ1) is 14.5. The van der Waals surface area contributed by atoms with Gasteiger partial charge in [-0.2, -0.15) is 0 Å². The van der Waals surface area contributed by atoms with Gasteiger partial charge in [-0.1, -0.05) is 0 Å². The summed E-state index contributed by atoms with van der Waals surface area (Å²) in [7, 11) is 0. The topological polar surface area (TPSA) is 59.4 Å². The van der Waals surface area contributed by atoms with Gasteiger partial charge in [0, 0.05) is 5.92 Å². The lowest BCUT2D eigenvalue weighted by Crippen LogP contribution is -2.25. The van der Waals surface area contributed by atoms with Crippen LogP contribution in [0.5, 0.6) is 0 Å². The fourth-order valence-electron chi connectivity index (χ4n) is 2.22. The van der Waals surface area contributed by atoms with Crippen molar-refractivity contribution in [2.75, 3.05) is 13.2 Å². The van der Waals surface area contributed by atoms with E-state index >= 15 is 0 Å². The third-order valence-corrected chi connectivity index (χ3v) is 3.48. The van der Waals surface area contributed by atoms with Crippen LogP contribution in [0, 0.1) is 17.5 Å². The summed E-state index contributed by atoms with van der Waals surface area (Å²) in [4.78, 5) is 14.4. The molecule has 1 aliphatic heterocycles. The standard InChI is InChI=1S/C15H10F3NO3/c16-9-1-2-12(15(20)21)19-14(9)13-10(17)3-7(4-11(13)18)8-5-22-6-8/h1-4,8H,5-6H2,(H,20,21). The molecule has 1 aromatic heterocycles. The molecular weight excluding hydrogens is 299 g/mol. The maximum Gasteiger partial charge on any atom is 0.354 e. The van der Waals surface area contributed by atoms with Gasteiger partial charge in [-0.15, -0.1) is 0 Å². The molecule has 0 saturated carbocycles. The van der Waals surface area contributed by atoms with Crippen LogP contribution in [0.1, 0.15) is 22.0 Å². The van der Waals surface area contributed by atoms with Gasteiger partial charge in [0.2, 0.25) is 0 Å². The van der Waals surface area contributed by atoms with Gasteiger partial charge in [0.05, 0.1) is 18.8 Å². The minimum atomic E-state index is -1.41. The third-order valence-electron chi connectivity index (χ3n) is 3.48. The average molecular weight is 309 g/mol. The van der Waals surface area contributed by atoms with E-state index in [9.17, 15) is 18.0 Å². The van der Waals surface area contributed by atoms with Crippen molar-refractivity contribution >= 4 is 5.97 Å². The van der Waals surface area contributed by atoms with E-state index in [0.717, 1.165) is 24.3 Å². The number of carboxylic acid groups (broad SMARTS) is 1. The van der Waals surface area contributed by atoms with Crippen LogP contribution in [0.4, 0.5) is 13.2 Å². The lowest BCUT2D eigenvalue weighted by Gasteiger charge is -2.26. The number of hydrogen-bond acceptors (Lipinski definition) is 3. The lowest BCUT2D eigenvalue weighted by molar-refractivity contribution is 0.00822. The van der Waals surface area contributed by atoms with Crippen LogP contribution >= 0.6 is 0 Å². The van der Waals surface area contributed by atoms with Crippen molar-refractivity contribution in [2.24, 2.45) is 0 Å². The summed E-state index contributed by atoms with van der Waals surface area (Å²) in [5.41, 5.74) is -1.41. The number of halogens is 3. The van der Waals surface area contributed by atoms with E-state index in [2.05, 4.69) is 4.98 Å². The number of ether oxygens (including phenoxy) is 1. The second kappa shape index (κ2) is 5.42. The molecule has 0 radical (unpaired) electrons. The number of carbonyl (C=O) groups is 1. The molecule has 1 N–H and O–H groups in total. The van der Waals surface area contributed by atoms with E-state index in [-0.39, 0.29) is 5.92 Å². The first-order valence-corrected chi connectivity index (χ1v) is 6.44. The van der Waals surface area contributed by atoms with Crippen molar-refractivity contribution in [3.8, 4) is 11.3 Å². The van der Waals surface area contributed by atoms with Crippen LogP contribution in [0.3, 0.4) is 0 Å². The number of benzene rings is 1. The highest BCUT2D eigenvalue weighted by Crippen LogP contribution is 2.32. The van der Waals surface area contributed by atoms with E-state index < -0.39 is 40.4 Å². The van der Waals surface area contributed by atoms with Crippen molar-refractivity contribution in [3.63, 3.8) is 0 Å². The predicted octanol–water partition coefficient (Wildman–Crippen LogP) is 2.98. The highest BCUT2D eigenvalue weighted by Gasteiger charge is 2.25. The summed E-state index contributed by atoms with van der Waals surface area (Å²) < 4.78 is 47.2. The molecule has 0 unspecified atom stereocenters. The minimum absolute atomic E-state index is 0.0961.